The van der Waals surface area contributed by atoms with E-state index in [1.165, 1.54) is 0 Å². The zero-order valence-electron chi connectivity index (χ0n) is 13.1. The van der Waals surface area contributed by atoms with Gasteiger partial charge in [0, 0.05) is 17.1 Å². The molecule has 2 atom stereocenters. The number of aliphatic hydroxyl groups excluding tert-OH is 1. The molecule has 0 radical (unpaired) electrons. The molecular formula is C15H26ClNO3. The van der Waals surface area contributed by atoms with Gasteiger partial charge in [-0.05, 0) is 45.9 Å². The molecule has 0 fully saturated rings. The van der Waals surface area contributed by atoms with Crippen LogP contribution in [0.2, 0.25) is 0 Å². The monoisotopic (exact) mass is 303 g/mol. The standard InChI is InChI=1S/C15H25NO3.ClH/c1-10(16-15(2,3)4)14(17)12-9-11(18-5)7-8-13(12)19-6;/h7-10,14,16-17H,1-6H3;1H/t10-,14-;/m0./s1. The van der Waals surface area contributed by atoms with Crippen LogP contribution in [0.5, 0.6) is 11.5 Å². The van der Waals surface area contributed by atoms with Crippen molar-refractivity contribution in [2.24, 2.45) is 0 Å². The van der Waals surface area contributed by atoms with Crippen LogP contribution < -0.4 is 14.8 Å². The van der Waals surface area contributed by atoms with Gasteiger partial charge in [0.2, 0.25) is 0 Å². The average molecular weight is 304 g/mol. The molecule has 116 valence electrons. The van der Waals surface area contributed by atoms with Gasteiger partial charge < -0.3 is 19.9 Å². The Morgan fingerprint density at radius 3 is 2.20 bits per heavy atom. The zero-order valence-corrected chi connectivity index (χ0v) is 13.9. The number of nitrogens with one attached hydrogen (secondary N) is 1. The second-order valence-corrected chi connectivity index (χ2v) is 5.74. The molecule has 0 aromatic heterocycles. The van der Waals surface area contributed by atoms with Gasteiger partial charge in [-0.2, -0.15) is 0 Å². The first-order valence-electron chi connectivity index (χ1n) is 6.46. The Morgan fingerprint density at radius 2 is 1.75 bits per heavy atom. The molecule has 0 unspecified atom stereocenters. The summed E-state index contributed by atoms with van der Waals surface area (Å²) in [4.78, 5) is 0. The number of methoxy groups -OCH3 is 2. The average Bonchev–Trinajstić information content (AvgIpc) is 2.35. The SMILES string of the molecule is COc1ccc(OC)c([C@@H](O)[C@H](C)NC(C)(C)C)c1.Cl. The number of rotatable bonds is 5. The van der Waals surface area contributed by atoms with Gasteiger partial charge in [0.25, 0.3) is 0 Å². The maximum Gasteiger partial charge on any atom is 0.124 e. The van der Waals surface area contributed by atoms with Gasteiger partial charge in [0.05, 0.1) is 20.3 Å². The molecule has 0 amide bonds. The van der Waals surface area contributed by atoms with E-state index in [0.717, 1.165) is 5.56 Å². The number of hydrogen-bond donors (Lipinski definition) is 2. The molecule has 0 bridgehead atoms. The fraction of sp³-hybridized carbons (Fsp3) is 0.600. The van der Waals surface area contributed by atoms with E-state index in [0.29, 0.717) is 11.5 Å². The van der Waals surface area contributed by atoms with Crippen molar-refractivity contribution in [2.45, 2.75) is 45.4 Å². The van der Waals surface area contributed by atoms with Crippen LogP contribution in [-0.2, 0) is 0 Å². The van der Waals surface area contributed by atoms with Crippen molar-refractivity contribution >= 4 is 12.4 Å². The Morgan fingerprint density at radius 1 is 1.15 bits per heavy atom. The van der Waals surface area contributed by atoms with Crippen LogP contribution in [0.15, 0.2) is 18.2 Å². The Kier molecular flexibility index (Phi) is 7.34. The second kappa shape index (κ2) is 7.72. The van der Waals surface area contributed by atoms with Gasteiger partial charge >= 0.3 is 0 Å². The van der Waals surface area contributed by atoms with Gasteiger partial charge in [-0.3, -0.25) is 0 Å². The van der Waals surface area contributed by atoms with Crippen molar-refractivity contribution in [1.82, 2.24) is 5.32 Å². The highest BCUT2D eigenvalue weighted by molar-refractivity contribution is 5.85. The lowest BCUT2D eigenvalue weighted by atomic mass is 9.99. The molecule has 1 aromatic carbocycles. The van der Waals surface area contributed by atoms with Crippen LogP contribution in [-0.4, -0.2) is 30.9 Å². The van der Waals surface area contributed by atoms with E-state index in [1.807, 2.05) is 19.1 Å². The predicted octanol–water partition coefficient (Wildman–Crippen LogP) is 2.94. The molecular weight excluding hydrogens is 278 g/mol. The molecule has 1 aromatic rings. The highest BCUT2D eigenvalue weighted by Crippen LogP contribution is 2.31. The first-order chi connectivity index (χ1) is 8.78. The Bertz CT molecular complexity index is 418. The number of ether oxygens (including phenoxy) is 2. The van der Waals surface area contributed by atoms with Crippen LogP contribution >= 0.6 is 12.4 Å². The third-order valence-corrected chi connectivity index (χ3v) is 2.89. The van der Waals surface area contributed by atoms with E-state index in [-0.39, 0.29) is 24.0 Å². The minimum absolute atomic E-state index is 0. The van der Waals surface area contributed by atoms with E-state index in [2.05, 4.69) is 26.1 Å². The summed E-state index contributed by atoms with van der Waals surface area (Å²) in [6, 6.07) is 5.34. The summed E-state index contributed by atoms with van der Waals surface area (Å²) in [7, 11) is 3.20. The van der Waals surface area contributed by atoms with Crippen LogP contribution in [0, 0.1) is 0 Å². The smallest absolute Gasteiger partial charge is 0.124 e. The predicted molar refractivity (Wildman–Crippen MR) is 84.1 cm³/mol. The molecule has 0 saturated carbocycles. The largest absolute Gasteiger partial charge is 0.497 e. The number of halogens is 1. The molecule has 0 heterocycles. The quantitative estimate of drug-likeness (QED) is 0.878. The van der Waals surface area contributed by atoms with Gasteiger partial charge in [0.1, 0.15) is 11.5 Å². The number of hydrogen-bond acceptors (Lipinski definition) is 4. The molecule has 0 aliphatic heterocycles. The molecule has 4 nitrogen and oxygen atoms in total. The first-order valence-corrected chi connectivity index (χ1v) is 6.46. The van der Waals surface area contributed by atoms with Gasteiger partial charge in [-0.15, -0.1) is 12.4 Å². The third kappa shape index (κ3) is 5.19. The van der Waals surface area contributed by atoms with E-state index >= 15 is 0 Å². The zero-order chi connectivity index (χ0) is 14.6. The van der Waals surface area contributed by atoms with Crippen LogP contribution in [0.1, 0.15) is 39.4 Å². The molecule has 20 heavy (non-hydrogen) atoms. The minimum Gasteiger partial charge on any atom is -0.497 e. The van der Waals surface area contributed by atoms with E-state index in [4.69, 9.17) is 9.47 Å². The molecule has 1 rings (SSSR count). The Balaban J connectivity index is 0.00000361. The lowest BCUT2D eigenvalue weighted by Gasteiger charge is -2.30. The van der Waals surface area contributed by atoms with E-state index in [1.54, 1.807) is 20.3 Å². The molecule has 0 saturated heterocycles. The van der Waals surface area contributed by atoms with Crippen LogP contribution in [0.4, 0.5) is 0 Å². The summed E-state index contributed by atoms with van der Waals surface area (Å²) in [5, 5.41) is 13.8. The van der Waals surface area contributed by atoms with Crippen LogP contribution in [0.3, 0.4) is 0 Å². The highest BCUT2D eigenvalue weighted by Gasteiger charge is 2.24. The molecule has 5 heteroatoms. The fourth-order valence-electron chi connectivity index (χ4n) is 2.10. The minimum atomic E-state index is -0.663. The normalized spacial score (nSPS) is 14.2. The number of benzene rings is 1. The van der Waals surface area contributed by atoms with Crippen molar-refractivity contribution in [1.29, 1.82) is 0 Å². The van der Waals surface area contributed by atoms with Crippen LogP contribution in [0.25, 0.3) is 0 Å². The van der Waals surface area contributed by atoms with Crippen molar-refractivity contribution in [3.63, 3.8) is 0 Å². The molecule has 0 spiro atoms. The summed E-state index contributed by atoms with van der Waals surface area (Å²) in [5.74, 6) is 1.37. The lowest BCUT2D eigenvalue weighted by molar-refractivity contribution is 0.118. The molecule has 0 aliphatic rings. The summed E-state index contributed by atoms with van der Waals surface area (Å²) in [6.45, 7) is 8.16. The van der Waals surface area contributed by atoms with Gasteiger partial charge in [-0.25, -0.2) is 0 Å². The molecule has 0 aliphatic carbocycles. The molecule has 2 N–H and O–H groups in total. The summed E-state index contributed by atoms with van der Waals surface area (Å²) >= 11 is 0. The topological polar surface area (TPSA) is 50.7 Å². The maximum atomic E-state index is 10.5. The summed E-state index contributed by atoms with van der Waals surface area (Å²) in [6.07, 6.45) is -0.663. The van der Waals surface area contributed by atoms with E-state index in [9.17, 15) is 5.11 Å². The lowest BCUT2D eigenvalue weighted by Crippen LogP contribution is -2.45. The maximum absolute atomic E-state index is 10.5. The van der Waals surface area contributed by atoms with Crippen molar-refractivity contribution in [3.05, 3.63) is 23.8 Å². The Labute approximate surface area is 127 Å². The number of aliphatic hydroxyl groups is 1. The second-order valence-electron chi connectivity index (χ2n) is 5.74. The highest BCUT2D eigenvalue weighted by atomic mass is 35.5. The Hall–Kier alpha value is -0.970. The van der Waals surface area contributed by atoms with E-state index < -0.39 is 6.10 Å². The summed E-state index contributed by atoms with van der Waals surface area (Å²) < 4.78 is 10.5. The van der Waals surface area contributed by atoms with Crippen molar-refractivity contribution < 1.29 is 14.6 Å². The van der Waals surface area contributed by atoms with Crippen molar-refractivity contribution in [2.75, 3.05) is 14.2 Å². The fourth-order valence-corrected chi connectivity index (χ4v) is 2.10. The van der Waals surface area contributed by atoms with Crippen molar-refractivity contribution in [3.8, 4) is 11.5 Å². The first kappa shape index (κ1) is 19.0. The third-order valence-electron chi connectivity index (χ3n) is 2.89. The van der Waals surface area contributed by atoms with Gasteiger partial charge in [-0.1, -0.05) is 0 Å². The van der Waals surface area contributed by atoms with Gasteiger partial charge in [0.15, 0.2) is 0 Å². The summed E-state index contributed by atoms with van der Waals surface area (Å²) in [5.41, 5.74) is 0.665.